The van der Waals surface area contributed by atoms with Gasteiger partial charge in [-0.15, -0.1) is 0 Å². The zero-order valence-corrected chi connectivity index (χ0v) is 13.0. The third kappa shape index (κ3) is 4.07. The SMILES string of the molecule is CCOC(=O)C1=C(C)NC(=O)CC1C/C=C/c1ccccc1. The highest BCUT2D eigenvalue weighted by atomic mass is 16.5. The molecule has 0 saturated carbocycles. The smallest absolute Gasteiger partial charge is 0.336 e. The van der Waals surface area contributed by atoms with Gasteiger partial charge in [0.05, 0.1) is 12.2 Å². The number of rotatable bonds is 5. The van der Waals surface area contributed by atoms with E-state index >= 15 is 0 Å². The number of benzene rings is 1. The van der Waals surface area contributed by atoms with E-state index in [0.29, 0.717) is 30.7 Å². The zero-order valence-electron chi connectivity index (χ0n) is 13.0. The quantitative estimate of drug-likeness (QED) is 0.850. The average Bonchev–Trinajstić information content (AvgIpc) is 2.48. The molecule has 0 bridgehead atoms. The summed E-state index contributed by atoms with van der Waals surface area (Å²) in [6.07, 6.45) is 4.95. The van der Waals surface area contributed by atoms with E-state index in [1.165, 1.54) is 0 Å². The van der Waals surface area contributed by atoms with Crippen molar-refractivity contribution in [3.8, 4) is 0 Å². The molecule has 0 aromatic heterocycles. The molecular formula is C18H21NO3. The summed E-state index contributed by atoms with van der Waals surface area (Å²) in [7, 11) is 0. The summed E-state index contributed by atoms with van der Waals surface area (Å²) >= 11 is 0. The van der Waals surface area contributed by atoms with Crippen LogP contribution in [0.1, 0.15) is 32.3 Å². The third-order valence-electron chi connectivity index (χ3n) is 3.60. The standard InChI is InChI=1S/C18H21NO3/c1-3-22-18(21)17-13(2)19-16(20)12-15(17)11-7-10-14-8-5-4-6-9-14/h4-10,15H,3,11-12H2,1-2H3,(H,19,20)/b10-7+. The van der Waals surface area contributed by atoms with E-state index < -0.39 is 0 Å². The van der Waals surface area contributed by atoms with Crippen molar-refractivity contribution in [3.63, 3.8) is 0 Å². The first kappa shape index (κ1) is 16.0. The minimum Gasteiger partial charge on any atom is -0.463 e. The molecule has 1 atom stereocenters. The Morgan fingerprint density at radius 2 is 2.09 bits per heavy atom. The Balaban J connectivity index is 2.12. The number of ether oxygens (including phenoxy) is 1. The molecule has 0 fully saturated rings. The Morgan fingerprint density at radius 3 is 2.77 bits per heavy atom. The molecule has 116 valence electrons. The molecule has 1 N–H and O–H groups in total. The molecule has 0 saturated heterocycles. The van der Waals surface area contributed by atoms with Crippen LogP contribution < -0.4 is 5.32 Å². The summed E-state index contributed by atoms with van der Waals surface area (Å²) in [5.41, 5.74) is 2.29. The highest BCUT2D eigenvalue weighted by molar-refractivity contribution is 5.94. The average molecular weight is 299 g/mol. The van der Waals surface area contributed by atoms with Crippen LogP contribution in [0.25, 0.3) is 6.08 Å². The molecule has 1 aromatic carbocycles. The Bertz CT molecular complexity index is 602. The summed E-state index contributed by atoms with van der Waals surface area (Å²) in [6.45, 7) is 3.85. The van der Waals surface area contributed by atoms with Crippen LogP contribution in [-0.4, -0.2) is 18.5 Å². The summed E-state index contributed by atoms with van der Waals surface area (Å²) in [6, 6.07) is 9.94. The zero-order chi connectivity index (χ0) is 15.9. The van der Waals surface area contributed by atoms with E-state index in [4.69, 9.17) is 4.74 Å². The molecule has 22 heavy (non-hydrogen) atoms. The van der Waals surface area contributed by atoms with Crippen LogP contribution in [0.15, 0.2) is 47.7 Å². The monoisotopic (exact) mass is 299 g/mol. The lowest BCUT2D eigenvalue weighted by atomic mass is 9.87. The van der Waals surface area contributed by atoms with Crippen LogP contribution in [0.3, 0.4) is 0 Å². The van der Waals surface area contributed by atoms with Gasteiger partial charge < -0.3 is 10.1 Å². The van der Waals surface area contributed by atoms with Crippen molar-refractivity contribution >= 4 is 18.0 Å². The topological polar surface area (TPSA) is 55.4 Å². The van der Waals surface area contributed by atoms with Gasteiger partial charge in [-0.3, -0.25) is 4.79 Å². The number of esters is 1. The van der Waals surface area contributed by atoms with Crippen molar-refractivity contribution in [1.29, 1.82) is 0 Å². The van der Waals surface area contributed by atoms with Gasteiger partial charge in [0.2, 0.25) is 5.91 Å². The summed E-state index contributed by atoms with van der Waals surface area (Å²) < 4.78 is 5.11. The lowest BCUT2D eigenvalue weighted by molar-refractivity contribution is -0.139. The van der Waals surface area contributed by atoms with Gasteiger partial charge in [0, 0.05) is 18.0 Å². The van der Waals surface area contributed by atoms with E-state index in [1.54, 1.807) is 13.8 Å². The minimum absolute atomic E-state index is 0.0522. The summed E-state index contributed by atoms with van der Waals surface area (Å²) in [5, 5.41) is 2.72. The number of allylic oxidation sites excluding steroid dienone is 2. The summed E-state index contributed by atoms with van der Waals surface area (Å²) in [4.78, 5) is 23.8. The van der Waals surface area contributed by atoms with Crippen LogP contribution in [0.4, 0.5) is 0 Å². The molecule has 1 heterocycles. The normalized spacial score (nSPS) is 18.5. The Labute approximate surface area is 130 Å². The maximum Gasteiger partial charge on any atom is 0.336 e. The number of carbonyl (C=O) groups excluding carboxylic acids is 2. The van der Waals surface area contributed by atoms with Crippen LogP contribution in [0.5, 0.6) is 0 Å². The second-order valence-corrected chi connectivity index (χ2v) is 5.26. The lowest BCUT2D eigenvalue weighted by Crippen LogP contribution is -2.35. The van der Waals surface area contributed by atoms with Gasteiger partial charge in [0.25, 0.3) is 0 Å². The van der Waals surface area contributed by atoms with E-state index in [9.17, 15) is 9.59 Å². The fourth-order valence-corrected chi connectivity index (χ4v) is 2.62. The minimum atomic E-state index is -0.335. The lowest BCUT2D eigenvalue weighted by Gasteiger charge is -2.25. The van der Waals surface area contributed by atoms with Crippen LogP contribution in [0.2, 0.25) is 0 Å². The first-order chi connectivity index (χ1) is 10.6. The van der Waals surface area contributed by atoms with Gasteiger partial charge in [-0.25, -0.2) is 4.79 Å². The second kappa shape index (κ2) is 7.59. The number of hydrogen-bond acceptors (Lipinski definition) is 3. The molecule has 4 nitrogen and oxygen atoms in total. The largest absolute Gasteiger partial charge is 0.463 e. The maximum atomic E-state index is 12.1. The molecule has 1 amide bonds. The highest BCUT2D eigenvalue weighted by Gasteiger charge is 2.30. The van der Waals surface area contributed by atoms with Crippen molar-refractivity contribution < 1.29 is 14.3 Å². The maximum absolute atomic E-state index is 12.1. The predicted octanol–water partition coefficient (Wildman–Crippen LogP) is 3.06. The number of carbonyl (C=O) groups is 2. The van der Waals surface area contributed by atoms with Gasteiger partial charge in [0.1, 0.15) is 0 Å². The molecule has 0 radical (unpaired) electrons. The summed E-state index contributed by atoms with van der Waals surface area (Å²) in [5.74, 6) is -0.519. The third-order valence-corrected chi connectivity index (χ3v) is 3.60. The fraction of sp³-hybridized carbons (Fsp3) is 0.333. The Hall–Kier alpha value is -2.36. The fourth-order valence-electron chi connectivity index (χ4n) is 2.62. The van der Waals surface area contributed by atoms with Gasteiger partial charge in [-0.1, -0.05) is 42.5 Å². The first-order valence-corrected chi connectivity index (χ1v) is 7.51. The van der Waals surface area contributed by atoms with Crippen molar-refractivity contribution in [3.05, 3.63) is 53.2 Å². The van der Waals surface area contributed by atoms with Gasteiger partial charge in [-0.2, -0.15) is 0 Å². The van der Waals surface area contributed by atoms with Crippen molar-refractivity contribution in [2.45, 2.75) is 26.7 Å². The molecule has 2 rings (SSSR count). The van der Waals surface area contributed by atoms with Crippen molar-refractivity contribution in [2.24, 2.45) is 5.92 Å². The molecule has 1 aliphatic heterocycles. The van der Waals surface area contributed by atoms with Gasteiger partial charge in [0.15, 0.2) is 0 Å². The molecule has 4 heteroatoms. The van der Waals surface area contributed by atoms with Crippen LogP contribution in [0, 0.1) is 5.92 Å². The predicted molar refractivity (Wildman–Crippen MR) is 85.7 cm³/mol. The molecule has 0 aliphatic carbocycles. The molecule has 1 aromatic rings. The first-order valence-electron chi connectivity index (χ1n) is 7.51. The van der Waals surface area contributed by atoms with Crippen LogP contribution >= 0.6 is 0 Å². The second-order valence-electron chi connectivity index (χ2n) is 5.26. The van der Waals surface area contributed by atoms with Crippen LogP contribution in [-0.2, 0) is 14.3 Å². The number of amides is 1. The molecular weight excluding hydrogens is 278 g/mol. The number of hydrogen-bond donors (Lipinski definition) is 1. The molecule has 1 unspecified atom stereocenters. The van der Waals surface area contributed by atoms with E-state index in [0.717, 1.165) is 5.56 Å². The van der Waals surface area contributed by atoms with E-state index in [-0.39, 0.29) is 17.8 Å². The molecule has 0 spiro atoms. The number of nitrogens with one attached hydrogen (secondary N) is 1. The van der Waals surface area contributed by atoms with Crippen molar-refractivity contribution in [1.82, 2.24) is 5.32 Å². The van der Waals surface area contributed by atoms with Crippen molar-refractivity contribution in [2.75, 3.05) is 6.61 Å². The Morgan fingerprint density at radius 1 is 1.36 bits per heavy atom. The Kier molecular flexibility index (Phi) is 5.53. The highest BCUT2D eigenvalue weighted by Crippen LogP contribution is 2.27. The van der Waals surface area contributed by atoms with E-state index in [1.807, 2.05) is 42.5 Å². The van der Waals surface area contributed by atoms with Gasteiger partial charge in [-0.05, 0) is 25.8 Å². The van der Waals surface area contributed by atoms with E-state index in [2.05, 4.69) is 5.32 Å². The molecule has 1 aliphatic rings. The van der Waals surface area contributed by atoms with Gasteiger partial charge >= 0.3 is 5.97 Å².